The van der Waals surface area contributed by atoms with E-state index in [1.807, 2.05) is 55.3 Å². The summed E-state index contributed by atoms with van der Waals surface area (Å²) in [4.78, 5) is 19.4. The predicted octanol–water partition coefficient (Wildman–Crippen LogP) is 3.68. The monoisotopic (exact) mass is 338 g/mol. The third-order valence-electron chi connectivity index (χ3n) is 5.45. The Morgan fingerprint density at radius 1 is 1.16 bits per heavy atom. The zero-order valence-electron chi connectivity index (χ0n) is 15.0. The van der Waals surface area contributed by atoms with Crippen LogP contribution in [0.25, 0.3) is 11.3 Å². The molecule has 4 heteroatoms. The molecule has 1 aromatic carbocycles. The summed E-state index contributed by atoms with van der Waals surface area (Å²) in [6.07, 6.45) is 5.69. The Hall–Kier alpha value is -2.20. The van der Waals surface area contributed by atoms with Crippen molar-refractivity contribution in [3.05, 3.63) is 53.7 Å². The van der Waals surface area contributed by atoms with Crippen LogP contribution in [0.4, 0.5) is 0 Å². The molecule has 0 saturated heterocycles. The van der Waals surface area contributed by atoms with Gasteiger partial charge in [-0.05, 0) is 62.3 Å². The van der Waals surface area contributed by atoms with Crippen LogP contribution in [-0.2, 0) is 0 Å². The van der Waals surface area contributed by atoms with E-state index in [1.165, 1.54) is 0 Å². The Bertz CT molecular complexity index is 722. The average molecular weight is 338 g/mol. The smallest absolute Gasteiger partial charge is 0.254 e. The summed E-state index contributed by atoms with van der Waals surface area (Å²) in [5.74, 6) is 0.469. The number of hydrogen-bond donors (Lipinski definition) is 1. The SMILES string of the molecule is Cc1c(C(=O)N(C)C2CCC(CO)CC2)cccc1-c1ccccn1. The van der Waals surface area contributed by atoms with Gasteiger partial charge in [-0.1, -0.05) is 18.2 Å². The van der Waals surface area contributed by atoms with Gasteiger partial charge in [0.15, 0.2) is 0 Å². The number of aliphatic hydroxyl groups is 1. The van der Waals surface area contributed by atoms with Crippen molar-refractivity contribution in [2.24, 2.45) is 5.92 Å². The second-order valence-corrected chi connectivity index (χ2v) is 6.97. The van der Waals surface area contributed by atoms with E-state index in [-0.39, 0.29) is 18.6 Å². The van der Waals surface area contributed by atoms with Gasteiger partial charge in [0, 0.05) is 37.0 Å². The van der Waals surface area contributed by atoms with Crippen LogP contribution in [0.3, 0.4) is 0 Å². The quantitative estimate of drug-likeness (QED) is 0.925. The summed E-state index contributed by atoms with van der Waals surface area (Å²) in [6.45, 7) is 2.25. The number of aromatic nitrogens is 1. The van der Waals surface area contributed by atoms with Crippen LogP contribution in [0, 0.1) is 12.8 Å². The van der Waals surface area contributed by atoms with Crippen molar-refractivity contribution >= 4 is 5.91 Å². The molecule has 4 nitrogen and oxygen atoms in total. The van der Waals surface area contributed by atoms with Crippen LogP contribution in [0.1, 0.15) is 41.6 Å². The third-order valence-corrected chi connectivity index (χ3v) is 5.45. The number of benzene rings is 1. The molecule has 2 aromatic rings. The minimum absolute atomic E-state index is 0.0720. The molecule has 0 unspecified atom stereocenters. The van der Waals surface area contributed by atoms with Crippen molar-refractivity contribution in [3.63, 3.8) is 0 Å². The molecule has 25 heavy (non-hydrogen) atoms. The Morgan fingerprint density at radius 3 is 2.56 bits per heavy atom. The maximum Gasteiger partial charge on any atom is 0.254 e. The molecule has 1 amide bonds. The van der Waals surface area contributed by atoms with Gasteiger partial charge >= 0.3 is 0 Å². The van der Waals surface area contributed by atoms with Crippen LogP contribution in [-0.4, -0.2) is 40.6 Å². The molecule has 1 fully saturated rings. The minimum Gasteiger partial charge on any atom is -0.396 e. The highest BCUT2D eigenvalue weighted by Gasteiger charge is 2.27. The highest BCUT2D eigenvalue weighted by molar-refractivity contribution is 5.97. The first kappa shape index (κ1) is 17.6. The van der Waals surface area contributed by atoms with Crippen molar-refractivity contribution in [3.8, 4) is 11.3 Å². The van der Waals surface area contributed by atoms with Crippen molar-refractivity contribution in [1.82, 2.24) is 9.88 Å². The first-order chi connectivity index (χ1) is 12.1. The number of aliphatic hydroxyl groups excluding tert-OH is 1. The van der Waals surface area contributed by atoms with Crippen LogP contribution >= 0.6 is 0 Å². The molecule has 3 rings (SSSR count). The predicted molar refractivity (Wildman–Crippen MR) is 99.3 cm³/mol. The van der Waals surface area contributed by atoms with E-state index in [9.17, 15) is 9.90 Å². The standard InChI is InChI=1S/C21H26N2O2/c1-15-18(20-8-3-4-13-22-20)6-5-7-19(15)21(25)23(2)17-11-9-16(14-24)10-12-17/h3-8,13,16-17,24H,9-12,14H2,1-2H3. The van der Waals surface area contributed by atoms with Crippen molar-refractivity contribution in [2.45, 2.75) is 38.6 Å². The lowest BCUT2D eigenvalue weighted by atomic mass is 9.85. The second kappa shape index (κ2) is 7.79. The molecule has 0 atom stereocenters. The number of pyridine rings is 1. The minimum atomic E-state index is 0.0720. The molecule has 0 spiro atoms. The van der Waals surface area contributed by atoms with Crippen molar-refractivity contribution in [1.29, 1.82) is 0 Å². The van der Waals surface area contributed by atoms with E-state index in [4.69, 9.17) is 0 Å². The van der Waals surface area contributed by atoms with Gasteiger partial charge in [0.2, 0.25) is 0 Å². The Kier molecular flexibility index (Phi) is 5.49. The summed E-state index contributed by atoms with van der Waals surface area (Å²) in [5, 5.41) is 9.29. The summed E-state index contributed by atoms with van der Waals surface area (Å²) in [7, 11) is 1.90. The summed E-state index contributed by atoms with van der Waals surface area (Å²) >= 11 is 0. The van der Waals surface area contributed by atoms with Gasteiger partial charge in [0.25, 0.3) is 5.91 Å². The number of carbonyl (C=O) groups excluding carboxylic acids is 1. The fourth-order valence-corrected chi connectivity index (χ4v) is 3.74. The molecular formula is C21H26N2O2. The fourth-order valence-electron chi connectivity index (χ4n) is 3.74. The molecular weight excluding hydrogens is 312 g/mol. The average Bonchev–Trinajstić information content (AvgIpc) is 2.68. The summed E-state index contributed by atoms with van der Waals surface area (Å²) < 4.78 is 0. The third kappa shape index (κ3) is 3.74. The second-order valence-electron chi connectivity index (χ2n) is 6.97. The van der Waals surface area contributed by atoms with E-state index < -0.39 is 0 Å². The molecule has 1 aliphatic rings. The Morgan fingerprint density at radius 2 is 1.92 bits per heavy atom. The highest BCUT2D eigenvalue weighted by Crippen LogP contribution is 2.29. The normalized spacial score (nSPS) is 20.3. The largest absolute Gasteiger partial charge is 0.396 e. The van der Waals surface area contributed by atoms with Crippen LogP contribution < -0.4 is 0 Å². The summed E-state index contributed by atoms with van der Waals surface area (Å²) in [5.41, 5.74) is 3.61. The van der Waals surface area contributed by atoms with Gasteiger partial charge < -0.3 is 10.0 Å². The molecule has 0 bridgehead atoms. The maximum absolute atomic E-state index is 13.1. The number of amides is 1. The molecule has 1 N–H and O–H groups in total. The summed E-state index contributed by atoms with van der Waals surface area (Å²) in [6, 6.07) is 11.9. The molecule has 132 valence electrons. The van der Waals surface area contributed by atoms with Gasteiger partial charge in [-0.2, -0.15) is 0 Å². The maximum atomic E-state index is 13.1. The van der Waals surface area contributed by atoms with E-state index in [2.05, 4.69) is 4.98 Å². The van der Waals surface area contributed by atoms with Gasteiger partial charge in [-0.15, -0.1) is 0 Å². The number of nitrogens with zero attached hydrogens (tertiary/aromatic N) is 2. The van der Waals surface area contributed by atoms with Crippen molar-refractivity contribution in [2.75, 3.05) is 13.7 Å². The van der Waals surface area contributed by atoms with Gasteiger partial charge in [0.1, 0.15) is 0 Å². The zero-order valence-corrected chi connectivity index (χ0v) is 15.0. The molecule has 1 aromatic heterocycles. The lowest BCUT2D eigenvalue weighted by molar-refractivity contribution is 0.0652. The van der Waals surface area contributed by atoms with Crippen LogP contribution in [0.5, 0.6) is 0 Å². The van der Waals surface area contributed by atoms with E-state index >= 15 is 0 Å². The molecule has 0 radical (unpaired) electrons. The first-order valence-electron chi connectivity index (χ1n) is 9.01. The number of hydrogen-bond acceptors (Lipinski definition) is 3. The fraction of sp³-hybridized carbons (Fsp3) is 0.429. The van der Waals surface area contributed by atoms with E-state index in [0.29, 0.717) is 5.92 Å². The first-order valence-corrected chi connectivity index (χ1v) is 9.01. The topological polar surface area (TPSA) is 53.4 Å². The molecule has 1 aliphatic carbocycles. The van der Waals surface area contributed by atoms with Crippen molar-refractivity contribution < 1.29 is 9.90 Å². The van der Waals surface area contributed by atoms with Gasteiger partial charge in [-0.3, -0.25) is 9.78 Å². The molecule has 1 saturated carbocycles. The lowest BCUT2D eigenvalue weighted by Crippen LogP contribution is -2.40. The van der Waals surface area contributed by atoms with Gasteiger partial charge in [0.05, 0.1) is 5.69 Å². The Balaban J connectivity index is 1.81. The number of rotatable bonds is 4. The highest BCUT2D eigenvalue weighted by atomic mass is 16.3. The van der Waals surface area contributed by atoms with Gasteiger partial charge in [-0.25, -0.2) is 0 Å². The lowest BCUT2D eigenvalue weighted by Gasteiger charge is -2.34. The van der Waals surface area contributed by atoms with E-state index in [1.54, 1.807) is 6.20 Å². The molecule has 1 heterocycles. The number of carbonyl (C=O) groups is 1. The Labute approximate surface area is 149 Å². The zero-order chi connectivity index (χ0) is 17.8. The van der Waals surface area contributed by atoms with Crippen LogP contribution in [0.2, 0.25) is 0 Å². The molecule has 0 aliphatic heterocycles. The van der Waals surface area contributed by atoms with Crippen LogP contribution in [0.15, 0.2) is 42.6 Å². The van der Waals surface area contributed by atoms with E-state index in [0.717, 1.165) is 48.1 Å².